The minimum Gasteiger partial charge on any atom is -0.484 e. The minimum absolute atomic E-state index is 0.268. The second kappa shape index (κ2) is 7.56. The number of nitrogens with one attached hydrogen (secondary N) is 1. The summed E-state index contributed by atoms with van der Waals surface area (Å²) < 4.78 is 15.3. The SMILES string of the molecule is COCCNCc1ccc(OCc2noc(C)n2)cn1. The molecular formula is C13H18N4O3. The molecule has 0 bridgehead atoms. The molecule has 7 nitrogen and oxygen atoms in total. The molecule has 2 aromatic heterocycles. The van der Waals surface area contributed by atoms with Crippen LogP contribution in [0.15, 0.2) is 22.9 Å². The van der Waals surface area contributed by atoms with Crippen molar-refractivity contribution in [1.82, 2.24) is 20.4 Å². The van der Waals surface area contributed by atoms with Crippen LogP contribution in [0, 0.1) is 6.92 Å². The zero-order chi connectivity index (χ0) is 14.2. The Morgan fingerprint density at radius 3 is 2.90 bits per heavy atom. The number of methoxy groups -OCH3 is 1. The quantitative estimate of drug-likeness (QED) is 0.724. The van der Waals surface area contributed by atoms with Crippen LogP contribution in [0.25, 0.3) is 0 Å². The highest BCUT2D eigenvalue weighted by atomic mass is 16.5. The molecule has 0 fully saturated rings. The van der Waals surface area contributed by atoms with Crippen molar-refractivity contribution in [3.05, 3.63) is 35.7 Å². The van der Waals surface area contributed by atoms with Gasteiger partial charge in [-0.3, -0.25) is 4.98 Å². The second-order valence-electron chi connectivity index (χ2n) is 4.17. The summed E-state index contributed by atoms with van der Waals surface area (Å²) in [5, 5.41) is 6.97. The minimum atomic E-state index is 0.268. The molecule has 0 atom stereocenters. The first-order valence-corrected chi connectivity index (χ1v) is 6.34. The molecule has 0 aliphatic rings. The van der Waals surface area contributed by atoms with Gasteiger partial charge in [0.2, 0.25) is 11.7 Å². The van der Waals surface area contributed by atoms with Crippen LogP contribution < -0.4 is 10.1 Å². The summed E-state index contributed by atoms with van der Waals surface area (Å²) in [7, 11) is 1.68. The van der Waals surface area contributed by atoms with E-state index in [1.165, 1.54) is 0 Å². The predicted molar refractivity (Wildman–Crippen MR) is 71.2 cm³/mol. The smallest absolute Gasteiger partial charge is 0.223 e. The molecule has 0 saturated heterocycles. The van der Waals surface area contributed by atoms with Gasteiger partial charge in [0, 0.05) is 27.1 Å². The molecule has 0 unspecified atom stereocenters. The lowest BCUT2D eigenvalue weighted by Gasteiger charge is -2.05. The van der Waals surface area contributed by atoms with Crippen LogP contribution in [0.3, 0.4) is 0 Å². The third kappa shape index (κ3) is 4.60. The van der Waals surface area contributed by atoms with E-state index in [0.29, 0.717) is 30.6 Å². The van der Waals surface area contributed by atoms with Gasteiger partial charge in [0.25, 0.3) is 0 Å². The first kappa shape index (κ1) is 14.4. The fourth-order valence-corrected chi connectivity index (χ4v) is 1.54. The maximum absolute atomic E-state index is 5.52. The van der Waals surface area contributed by atoms with E-state index in [2.05, 4.69) is 20.4 Å². The zero-order valence-electron chi connectivity index (χ0n) is 11.6. The molecular weight excluding hydrogens is 260 g/mol. The van der Waals surface area contributed by atoms with E-state index in [0.717, 1.165) is 12.2 Å². The molecule has 2 heterocycles. The van der Waals surface area contributed by atoms with Crippen LogP contribution in [0.1, 0.15) is 17.4 Å². The molecule has 0 saturated carbocycles. The number of ether oxygens (including phenoxy) is 2. The Hall–Kier alpha value is -1.99. The first-order valence-electron chi connectivity index (χ1n) is 6.34. The van der Waals surface area contributed by atoms with E-state index >= 15 is 0 Å². The average molecular weight is 278 g/mol. The molecule has 0 aromatic carbocycles. The number of nitrogens with zero attached hydrogens (tertiary/aromatic N) is 3. The Kier molecular flexibility index (Phi) is 5.45. The summed E-state index contributed by atoms with van der Waals surface area (Å²) in [6, 6.07) is 3.78. The van der Waals surface area contributed by atoms with Crippen molar-refractivity contribution in [2.24, 2.45) is 0 Å². The largest absolute Gasteiger partial charge is 0.484 e. The van der Waals surface area contributed by atoms with Crippen LogP contribution in [0.5, 0.6) is 5.75 Å². The molecule has 7 heteroatoms. The third-order valence-electron chi connectivity index (χ3n) is 2.52. The fraction of sp³-hybridized carbons (Fsp3) is 0.462. The summed E-state index contributed by atoms with van der Waals surface area (Å²) in [6.45, 7) is 4.19. The summed E-state index contributed by atoms with van der Waals surface area (Å²) in [4.78, 5) is 8.36. The van der Waals surface area contributed by atoms with Gasteiger partial charge < -0.3 is 19.3 Å². The number of pyridine rings is 1. The highest BCUT2D eigenvalue weighted by Crippen LogP contribution is 2.10. The summed E-state index contributed by atoms with van der Waals surface area (Å²) in [6.07, 6.45) is 1.68. The Balaban J connectivity index is 1.76. The van der Waals surface area contributed by atoms with Gasteiger partial charge in [0.05, 0.1) is 18.5 Å². The van der Waals surface area contributed by atoms with Gasteiger partial charge in [-0.1, -0.05) is 5.16 Å². The van der Waals surface area contributed by atoms with Crippen molar-refractivity contribution < 1.29 is 14.0 Å². The van der Waals surface area contributed by atoms with Gasteiger partial charge in [0.1, 0.15) is 5.75 Å². The van der Waals surface area contributed by atoms with Crippen molar-refractivity contribution in [1.29, 1.82) is 0 Å². The molecule has 0 spiro atoms. The van der Waals surface area contributed by atoms with Crippen LogP contribution in [0.2, 0.25) is 0 Å². The topological polar surface area (TPSA) is 82.3 Å². The average Bonchev–Trinajstić information content (AvgIpc) is 2.88. The van der Waals surface area contributed by atoms with Crippen molar-refractivity contribution >= 4 is 0 Å². The van der Waals surface area contributed by atoms with Gasteiger partial charge in [-0.2, -0.15) is 4.98 Å². The molecule has 0 aliphatic heterocycles. The van der Waals surface area contributed by atoms with Crippen molar-refractivity contribution in [2.75, 3.05) is 20.3 Å². The monoisotopic (exact) mass is 278 g/mol. The summed E-state index contributed by atoms with van der Waals surface area (Å²) in [5.41, 5.74) is 0.948. The number of rotatable bonds is 8. The highest BCUT2D eigenvalue weighted by Gasteiger charge is 2.03. The van der Waals surface area contributed by atoms with Gasteiger partial charge in [-0.05, 0) is 12.1 Å². The fourth-order valence-electron chi connectivity index (χ4n) is 1.54. The van der Waals surface area contributed by atoms with Crippen molar-refractivity contribution in [3.63, 3.8) is 0 Å². The number of aromatic nitrogens is 3. The van der Waals surface area contributed by atoms with Crippen LogP contribution in [-0.4, -0.2) is 35.4 Å². The summed E-state index contributed by atoms with van der Waals surface area (Å²) >= 11 is 0. The maximum Gasteiger partial charge on any atom is 0.223 e. The zero-order valence-corrected chi connectivity index (χ0v) is 11.6. The van der Waals surface area contributed by atoms with Crippen molar-refractivity contribution in [2.45, 2.75) is 20.1 Å². The number of aryl methyl sites for hydroxylation is 1. The molecule has 0 radical (unpaired) electrons. The van der Waals surface area contributed by atoms with Crippen LogP contribution >= 0.6 is 0 Å². The van der Waals surface area contributed by atoms with Gasteiger partial charge in [0.15, 0.2) is 6.61 Å². The Bertz CT molecular complexity index is 513. The maximum atomic E-state index is 5.52. The van der Waals surface area contributed by atoms with Crippen LogP contribution in [0.4, 0.5) is 0 Å². The first-order chi connectivity index (χ1) is 9.78. The van der Waals surface area contributed by atoms with E-state index in [1.807, 2.05) is 12.1 Å². The third-order valence-corrected chi connectivity index (χ3v) is 2.52. The molecule has 1 N–H and O–H groups in total. The van der Waals surface area contributed by atoms with E-state index < -0.39 is 0 Å². The Morgan fingerprint density at radius 1 is 1.35 bits per heavy atom. The molecule has 2 aromatic rings. The van der Waals surface area contributed by atoms with Crippen LogP contribution in [-0.2, 0) is 17.9 Å². The van der Waals surface area contributed by atoms with Gasteiger partial charge >= 0.3 is 0 Å². The molecule has 0 amide bonds. The lowest BCUT2D eigenvalue weighted by Crippen LogP contribution is -2.19. The number of hydrogen-bond acceptors (Lipinski definition) is 7. The van der Waals surface area contributed by atoms with E-state index in [1.54, 1.807) is 20.2 Å². The molecule has 0 aliphatic carbocycles. The normalized spacial score (nSPS) is 10.7. The predicted octanol–water partition coefficient (Wildman–Crippen LogP) is 1.09. The second-order valence-corrected chi connectivity index (χ2v) is 4.17. The lowest BCUT2D eigenvalue weighted by atomic mass is 10.3. The molecule has 2 rings (SSSR count). The van der Waals surface area contributed by atoms with Crippen molar-refractivity contribution in [3.8, 4) is 5.75 Å². The number of hydrogen-bond donors (Lipinski definition) is 1. The van der Waals surface area contributed by atoms with Gasteiger partial charge in [-0.15, -0.1) is 0 Å². The highest BCUT2D eigenvalue weighted by molar-refractivity contribution is 5.19. The molecule has 108 valence electrons. The Morgan fingerprint density at radius 2 is 2.25 bits per heavy atom. The lowest BCUT2D eigenvalue weighted by molar-refractivity contribution is 0.199. The summed E-state index contributed by atoms with van der Waals surface area (Å²) in [5.74, 6) is 1.72. The van der Waals surface area contributed by atoms with E-state index in [-0.39, 0.29) is 6.61 Å². The standard InChI is InChI=1S/C13H18N4O3/c1-10-16-13(17-20-10)9-19-12-4-3-11(15-8-12)7-14-5-6-18-2/h3-4,8,14H,5-7,9H2,1-2H3. The van der Waals surface area contributed by atoms with E-state index in [4.69, 9.17) is 14.0 Å². The van der Waals surface area contributed by atoms with E-state index in [9.17, 15) is 0 Å². The molecule has 20 heavy (non-hydrogen) atoms. The Labute approximate surface area is 117 Å². The van der Waals surface area contributed by atoms with Gasteiger partial charge in [-0.25, -0.2) is 0 Å².